The number of carbonyl (C=O) groups is 1. The Morgan fingerprint density at radius 1 is 1.19 bits per heavy atom. The average molecular weight is 216 g/mol. The lowest BCUT2D eigenvalue weighted by molar-refractivity contribution is -0.118. The lowest BCUT2D eigenvalue weighted by atomic mass is 9.93. The van der Waals surface area contributed by atoms with E-state index in [0.717, 1.165) is 12.2 Å². The van der Waals surface area contributed by atoms with Crippen LogP contribution in [0.25, 0.3) is 5.57 Å². The zero-order valence-electron chi connectivity index (χ0n) is 9.53. The van der Waals surface area contributed by atoms with Gasteiger partial charge in [-0.25, -0.2) is 0 Å². The maximum absolute atomic E-state index is 11.1. The summed E-state index contributed by atoms with van der Waals surface area (Å²) >= 11 is 0. The molecule has 0 bridgehead atoms. The van der Waals surface area contributed by atoms with E-state index in [2.05, 4.69) is 12.1 Å². The van der Waals surface area contributed by atoms with E-state index in [0.29, 0.717) is 25.2 Å². The van der Waals surface area contributed by atoms with Crippen molar-refractivity contribution in [2.45, 2.75) is 26.2 Å². The van der Waals surface area contributed by atoms with E-state index in [1.807, 2.05) is 25.1 Å². The van der Waals surface area contributed by atoms with Crippen LogP contribution in [0, 0.1) is 0 Å². The molecular weight excluding hydrogens is 200 g/mol. The lowest BCUT2D eigenvalue weighted by Crippen LogP contribution is -2.02. The summed E-state index contributed by atoms with van der Waals surface area (Å²) in [6.07, 6.45) is 4.18. The van der Waals surface area contributed by atoms with Crippen LogP contribution in [-0.4, -0.2) is 12.4 Å². The molecule has 16 heavy (non-hydrogen) atoms. The second-order valence-corrected chi connectivity index (χ2v) is 3.93. The fraction of sp³-hybridized carbons (Fsp3) is 0.357. The van der Waals surface area contributed by atoms with Crippen molar-refractivity contribution in [1.82, 2.24) is 0 Å². The Morgan fingerprint density at radius 3 is 2.50 bits per heavy atom. The van der Waals surface area contributed by atoms with Crippen LogP contribution >= 0.6 is 0 Å². The van der Waals surface area contributed by atoms with Crippen LogP contribution < -0.4 is 4.74 Å². The number of carbonyl (C=O) groups excluding carboxylic acids is 1. The molecule has 0 N–H and O–H groups in total. The first kappa shape index (κ1) is 10.9. The van der Waals surface area contributed by atoms with Gasteiger partial charge in [0.05, 0.1) is 6.61 Å². The van der Waals surface area contributed by atoms with Crippen LogP contribution in [0.15, 0.2) is 30.3 Å². The number of hydrogen-bond donors (Lipinski definition) is 0. The largest absolute Gasteiger partial charge is 0.494 e. The number of ether oxygens (including phenoxy) is 1. The van der Waals surface area contributed by atoms with E-state index >= 15 is 0 Å². The molecular formula is C14H16O2. The molecule has 0 atom stereocenters. The molecule has 1 aromatic rings. The molecule has 2 rings (SSSR count). The first-order valence-electron chi connectivity index (χ1n) is 5.73. The molecule has 2 nitrogen and oxygen atoms in total. The highest BCUT2D eigenvalue weighted by molar-refractivity contribution is 5.86. The van der Waals surface area contributed by atoms with Gasteiger partial charge >= 0.3 is 0 Å². The molecule has 0 fully saturated rings. The molecule has 1 aliphatic carbocycles. The predicted octanol–water partition coefficient (Wildman–Crippen LogP) is 3.22. The van der Waals surface area contributed by atoms with Gasteiger partial charge in [0.2, 0.25) is 0 Å². The summed E-state index contributed by atoms with van der Waals surface area (Å²) < 4.78 is 5.39. The SMILES string of the molecule is CCOc1ccc(C2=CCC(=O)CC2)cc1. The standard InChI is InChI=1S/C14H16O2/c1-2-16-14-9-5-12(6-10-14)11-3-7-13(15)8-4-11/h3,5-6,9-10H,2,4,7-8H2,1H3. The van der Waals surface area contributed by atoms with Gasteiger partial charge in [0.25, 0.3) is 0 Å². The van der Waals surface area contributed by atoms with Crippen molar-refractivity contribution in [2.24, 2.45) is 0 Å². The molecule has 0 aliphatic heterocycles. The minimum atomic E-state index is 0.342. The van der Waals surface area contributed by atoms with Crippen LogP contribution in [0.5, 0.6) is 5.75 Å². The molecule has 0 amide bonds. The van der Waals surface area contributed by atoms with Crippen molar-refractivity contribution < 1.29 is 9.53 Å². The number of allylic oxidation sites excluding steroid dienone is 2. The molecule has 1 aromatic carbocycles. The summed E-state index contributed by atoms with van der Waals surface area (Å²) in [5.74, 6) is 1.24. The third kappa shape index (κ3) is 2.51. The van der Waals surface area contributed by atoms with Crippen LogP contribution in [-0.2, 0) is 4.79 Å². The Balaban J connectivity index is 2.12. The summed E-state index contributed by atoms with van der Waals surface area (Å²) in [7, 11) is 0. The number of Topliss-reactive ketones (excluding diaryl/α,β-unsaturated/α-hetero) is 1. The predicted molar refractivity (Wildman–Crippen MR) is 64.4 cm³/mol. The van der Waals surface area contributed by atoms with E-state index in [-0.39, 0.29) is 0 Å². The molecule has 1 aliphatic rings. The average Bonchev–Trinajstić information content (AvgIpc) is 2.32. The second-order valence-electron chi connectivity index (χ2n) is 3.93. The molecule has 2 heteroatoms. The van der Waals surface area contributed by atoms with Crippen LogP contribution in [0.4, 0.5) is 0 Å². The van der Waals surface area contributed by atoms with E-state index in [9.17, 15) is 4.79 Å². The molecule has 0 spiro atoms. The van der Waals surface area contributed by atoms with Gasteiger partial charge in [-0.15, -0.1) is 0 Å². The van der Waals surface area contributed by atoms with E-state index in [4.69, 9.17) is 4.74 Å². The fourth-order valence-electron chi connectivity index (χ4n) is 1.91. The summed E-state index contributed by atoms with van der Waals surface area (Å²) in [4.78, 5) is 11.1. The Hall–Kier alpha value is -1.57. The van der Waals surface area contributed by atoms with Crippen molar-refractivity contribution in [3.63, 3.8) is 0 Å². The van der Waals surface area contributed by atoms with Crippen molar-refractivity contribution in [2.75, 3.05) is 6.61 Å². The number of ketones is 1. The summed E-state index contributed by atoms with van der Waals surface area (Å²) in [6.45, 7) is 2.67. The Labute approximate surface area is 95.9 Å². The smallest absolute Gasteiger partial charge is 0.137 e. The molecule has 0 aromatic heterocycles. The fourth-order valence-corrected chi connectivity index (χ4v) is 1.91. The minimum absolute atomic E-state index is 0.342. The van der Waals surface area contributed by atoms with Gasteiger partial charge in [-0.3, -0.25) is 4.79 Å². The molecule has 84 valence electrons. The molecule has 0 saturated heterocycles. The van der Waals surface area contributed by atoms with Crippen molar-refractivity contribution in [3.05, 3.63) is 35.9 Å². The Morgan fingerprint density at radius 2 is 1.94 bits per heavy atom. The van der Waals surface area contributed by atoms with Gasteiger partial charge in [-0.05, 0) is 36.6 Å². The maximum Gasteiger partial charge on any atom is 0.137 e. The van der Waals surface area contributed by atoms with Gasteiger partial charge in [0.1, 0.15) is 11.5 Å². The van der Waals surface area contributed by atoms with E-state index in [1.54, 1.807) is 0 Å². The third-order valence-electron chi connectivity index (χ3n) is 2.79. The number of hydrogen-bond acceptors (Lipinski definition) is 2. The zero-order chi connectivity index (χ0) is 11.4. The number of rotatable bonds is 3. The Bertz CT molecular complexity index is 401. The van der Waals surface area contributed by atoms with E-state index < -0.39 is 0 Å². The van der Waals surface area contributed by atoms with Gasteiger partial charge in [0, 0.05) is 12.8 Å². The second kappa shape index (κ2) is 4.97. The van der Waals surface area contributed by atoms with Crippen molar-refractivity contribution in [3.8, 4) is 5.75 Å². The van der Waals surface area contributed by atoms with Crippen LogP contribution in [0.2, 0.25) is 0 Å². The first-order valence-corrected chi connectivity index (χ1v) is 5.73. The maximum atomic E-state index is 11.1. The summed E-state index contributed by atoms with van der Waals surface area (Å²) in [6, 6.07) is 8.09. The zero-order valence-corrected chi connectivity index (χ0v) is 9.53. The molecule has 0 saturated carbocycles. The Kier molecular flexibility index (Phi) is 3.40. The quantitative estimate of drug-likeness (QED) is 0.775. The van der Waals surface area contributed by atoms with Crippen molar-refractivity contribution in [1.29, 1.82) is 0 Å². The third-order valence-corrected chi connectivity index (χ3v) is 2.79. The topological polar surface area (TPSA) is 26.3 Å². The highest BCUT2D eigenvalue weighted by Gasteiger charge is 2.11. The normalized spacial score (nSPS) is 15.8. The number of benzene rings is 1. The highest BCUT2D eigenvalue weighted by atomic mass is 16.5. The van der Waals surface area contributed by atoms with Crippen LogP contribution in [0.1, 0.15) is 31.7 Å². The minimum Gasteiger partial charge on any atom is -0.494 e. The van der Waals surface area contributed by atoms with Gasteiger partial charge in [-0.1, -0.05) is 18.2 Å². The first-order chi connectivity index (χ1) is 7.79. The monoisotopic (exact) mass is 216 g/mol. The van der Waals surface area contributed by atoms with Crippen molar-refractivity contribution >= 4 is 11.4 Å². The van der Waals surface area contributed by atoms with Gasteiger partial charge in [-0.2, -0.15) is 0 Å². The van der Waals surface area contributed by atoms with Gasteiger partial charge in [0.15, 0.2) is 0 Å². The van der Waals surface area contributed by atoms with Crippen LogP contribution in [0.3, 0.4) is 0 Å². The summed E-state index contributed by atoms with van der Waals surface area (Å²) in [5, 5.41) is 0. The summed E-state index contributed by atoms with van der Waals surface area (Å²) in [5.41, 5.74) is 2.48. The highest BCUT2D eigenvalue weighted by Crippen LogP contribution is 2.26. The van der Waals surface area contributed by atoms with E-state index in [1.165, 1.54) is 11.1 Å². The lowest BCUT2D eigenvalue weighted by Gasteiger charge is -2.12. The molecule has 0 unspecified atom stereocenters. The molecule has 0 radical (unpaired) electrons. The van der Waals surface area contributed by atoms with Gasteiger partial charge < -0.3 is 4.74 Å². The molecule has 0 heterocycles.